The van der Waals surface area contributed by atoms with Gasteiger partial charge in [-0.1, -0.05) is 24.6 Å². The van der Waals surface area contributed by atoms with Crippen LogP contribution in [0.25, 0.3) is 11.0 Å². The minimum atomic E-state index is 0.568. The maximum absolute atomic E-state index is 6.29. The first-order valence-electron chi connectivity index (χ1n) is 6.81. The molecular weight excluding hydrogens is 260 g/mol. The molecule has 1 aromatic heterocycles. The molecule has 2 N–H and O–H groups in total. The van der Waals surface area contributed by atoms with Gasteiger partial charge in [0.05, 0.1) is 16.1 Å². The summed E-state index contributed by atoms with van der Waals surface area (Å²) in [5.74, 6) is 1.20. The van der Waals surface area contributed by atoms with Crippen LogP contribution in [0.4, 0.5) is 5.95 Å². The van der Waals surface area contributed by atoms with Crippen LogP contribution in [0.2, 0.25) is 5.02 Å². The number of nitrogens with two attached hydrogens (primary N) is 1. The van der Waals surface area contributed by atoms with Crippen molar-refractivity contribution in [3.8, 4) is 0 Å². The molecule has 1 aromatic carbocycles. The van der Waals surface area contributed by atoms with Crippen LogP contribution in [0.5, 0.6) is 0 Å². The van der Waals surface area contributed by atoms with E-state index in [1.165, 1.54) is 13.0 Å². The van der Waals surface area contributed by atoms with Gasteiger partial charge in [0.25, 0.3) is 0 Å². The highest BCUT2D eigenvalue weighted by atomic mass is 35.5. The van der Waals surface area contributed by atoms with E-state index in [0.717, 1.165) is 35.7 Å². The van der Waals surface area contributed by atoms with Gasteiger partial charge in [0.2, 0.25) is 5.95 Å². The number of imidazole rings is 1. The fourth-order valence-corrected chi connectivity index (χ4v) is 3.22. The Bertz CT molecular complexity index is 592. The number of nitrogens with zero attached hydrogens (tertiary/aromatic N) is 3. The number of aromatic nitrogens is 2. The summed E-state index contributed by atoms with van der Waals surface area (Å²) in [6.07, 6.45) is 1.22. The van der Waals surface area contributed by atoms with Crippen LogP contribution in [-0.2, 0) is 6.54 Å². The van der Waals surface area contributed by atoms with Crippen LogP contribution in [0.3, 0.4) is 0 Å². The average Bonchev–Trinajstić information content (AvgIpc) is 2.96. The van der Waals surface area contributed by atoms with Crippen molar-refractivity contribution in [2.24, 2.45) is 5.92 Å². The zero-order valence-corrected chi connectivity index (χ0v) is 11.9. The molecule has 3 rings (SSSR count). The van der Waals surface area contributed by atoms with E-state index in [1.807, 2.05) is 18.2 Å². The molecule has 1 aliphatic heterocycles. The largest absolute Gasteiger partial charge is 0.369 e. The number of anilines is 1. The highest BCUT2D eigenvalue weighted by Gasteiger charge is 2.23. The third-order valence-electron chi connectivity index (χ3n) is 4.00. The summed E-state index contributed by atoms with van der Waals surface area (Å²) in [4.78, 5) is 6.87. The van der Waals surface area contributed by atoms with Crippen LogP contribution >= 0.6 is 11.6 Å². The van der Waals surface area contributed by atoms with E-state index < -0.39 is 0 Å². The second-order valence-electron chi connectivity index (χ2n) is 5.24. The molecule has 1 fully saturated rings. The highest BCUT2D eigenvalue weighted by Crippen LogP contribution is 2.28. The molecule has 2 heterocycles. The van der Waals surface area contributed by atoms with E-state index >= 15 is 0 Å². The van der Waals surface area contributed by atoms with E-state index in [1.54, 1.807) is 0 Å². The topological polar surface area (TPSA) is 47.1 Å². The molecule has 4 nitrogen and oxygen atoms in total. The van der Waals surface area contributed by atoms with Crippen molar-refractivity contribution in [1.82, 2.24) is 14.5 Å². The molecule has 0 spiro atoms. The first-order chi connectivity index (χ1) is 9.19. The van der Waals surface area contributed by atoms with Gasteiger partial charge in [-0.3, -0.25) is 0 Å². The molecule has 1 atom stereocenters. The third kappa shape index (κ3) is 2.30. The Labute approximate surface area is 118 Å². The number of nitrogen functional groups attached to an aromatic ring is 1. The first kappa shape index (κ1) is 12.8. The number of benzene rings is 1. The second kappa shape index (κ2) is 5.02. The molecule has 5 heteroatoms. The van der Waals surface area contributed by atoms with Gasteiger partial charge in [-0.05, 0) is 37.6 Å². The molecule has 0 amide bonds. The van der Waals surface area contributed by atoms with Gasteiger partial charge in [-0.15, -0.1) is 0 Å². The normalized spacial score (nSPS) is 20.4. The molecule has 1 unspecified atom stereocenters. The highest BCUT2D eigenvalue weighted by molar-refractivity contribution is 6.35. The summed E-state index contributed by atoms with van der Waals surface area (Å²) < 4.78 is 2.07. The molecular formula is C14H19ClN4. The zero-order valence-electron chi connectivity index (χ0n) is 11.1. The molecule has 1 aliphatic rings. The molecule has 2 aromatic rings. The van der Waals surface area contributed by atoms with Gasteiger partial charge in [0, 0.05) is 13.1 Å². The zero-order chi connectivity index (χ0) is 13.4. The van der Waals surface area contributed by atoms with E-state index in [2.05, 4.69) is 21.4 Å². The van der Waals surface area contributed by atoms with Crippen molar-refractivity contribution in [1.29, 1.82) is 0 Å². The van der Waals surface area contributed by atoms with Crippen molar-refractivity contribution in [3.05, 3.63) is 23.2 Å². The first-order valence-corrected chi connectivity index (χ1v) is 7.19. The summed E-state index contributed by atoms with van der Waals surface area (Å²) >= 11 is 6.29. The number of hydrogen-bond acceptors (Lipinski definition) is 3. The smallest absolute Gasteiger partial charge is 0.201 e. The molecule has 0 saturated carbocycles. The van der Waals surface area contributed by atoms with Crippen LogP contribution in [-0.4, -0.2) is 34.1 Å². The van der Waals surface area contributed by atoms with Gasteiger partial charge in [-0.25, -0.2) is 4.98 Å². The van der Waals surface area contributed by atoms with Crippen LogP contribution < -0.4 is 5.73 Å². The number of rotatable bonds is 3. The second-order valence-corrected chi connectivity index (χ2v) is 5.64. The predicted octanol–water partition coefficient (Wildman–Crippen LogP) is 2.61. The molecule has 102 valence electrons. The SMILES string of the molecule is CCN1CCC(Cn2c(N)nc3cccc(Cl)c32)C1. The quantitative estimate of drug-likeness (QED) is 0.939. The third-order valence-corrected chi connectivity index (χ3v) is 4.31. The molecule has 19 heavy (non-hydrogen) atoms. The van der Waals surface area contributed by atoms with Crippen molar-refractivity contribution < 1.29 is 0 Å². The lowest BCUT2D eigenvalue weighted by Crippen LogP contribution is -2.21. The Hall–Kier alpha value is -1.26. The number of fused-ring (bicyclic) bond motifs is 1. The van der Waals surface area contributed by atoms with E-state index in [9.17, 15) is 0 Å². The number of para-hydroxylation sites is 1. The maximum atomic E-state index is 6.29. The Balaban J connectivity index is 1.91. The molecule has 0 aliphatic carbocycles. The predicted molar refractivity (Wildman–Crippen MR) is 79.4 cm³/mol. The lowest BCUT2D eigenvalue weighted by molar-refractivity contribution is 0.334. The van der Waals surface area contributed by atoms with Crippen LogP contribution in [0, 0.1) is 5.92 Å². The van der Waals surface area contributed by atoms with Crippen molar-refractivity contribution in [3.63, 3.8) is 0 Å². The lowest BCUT2D eigenvalue weighted by Gasteiger charge is -2.15. The van der Waals surface area contributed by atoms with Crippen molar-refractivity contribution in [2.45, 2.75) is 19.9 Å². The van der Waals surface area contributed by atoms with Crippen LogP contribution in [0.15, 0.2) is 18.2 Å². The number of hydrogen-bond donors (Lipinski definition) is 1. The van der Waals surface area contributed by atoms with Gasteiger partial charge in [0.15, 0.2) is 0 Å². The maximum Gasteiger partial charge on any atom is 0.201 e. The van der Waals surface area contributed by atoms with Gasteiger partial charge < -0.3 is 15.2 Å². The molecule has 1 saturated heterocycles. The molecule has 0 radical (unpaired) electrons. The number of likely N-dealkylation sites (tertiary alicyclic amines) is 1. The fourth-order valence-electron chi connectivity index (χ4n) is 2.95. The van der Waals surface area contributed by atoms with Crippen LogP contribution in [0.1, 0.15) is 13.3 Å². The number of halogens is 1. The summed E-state index contributed by atoms with van der Waals surface area (Å²) in [5.41, 5.74) is 7.90. The molecule has 0 bridgehead atoms. The minimum Gasteiger partial charge on any atom is -0.369 e. The van der Waals surface area contributed by atoms with Gasteiger partial charge >= 0.3 is 0 Å². The Morgan fingerprint density at radius 3 is 3.05 bits per heavy atom. The van der Waals surface area contributed by atoms with Gasteiger partial charge in [-0.2, -0.15) is 0 Å². The fraction of sp³-hybridized carbons (Fsp3) is 0.500. The van der Waals surface area contributed by atoms with E-state index in [-0.39, 0.29) is 0 Å². The van der Waals surface area contributed by atoms with E-state index in [4.69, 9.17) is 17.3 Å². The Morgan fingerprint density at radius 2 is 2.32 bits per heavy atom. The summed E-state index contributed by atoms with van der Waals surface area (Å²) in [5, 5.41) is 0.729. The van der Waals surface area contributed by atoms with Gasteiger partial charge in [0.1, 0.15) is 0 Å². The standard InChI is InChI=1S/C14H19ClN4/c1-2-18-7-6-10(8-18)9-19-13-11(15)4-3-5-12(13)17-14(19)16/h3-5,10H,2,6-9H2,1H3,(H2,16,17). The monoisotopic (exact) mass is 278 g/mol. The minimum absolute atomic E-state index is 0.568. The Kier molecular flexibility index (Phi) is 3.37. The van der Waals surface area contributed by atoms with E-state index in [0.29, 0.717) is 11.9 Å². The Morgan fingerprint density at radius 1 is 1.47 bits per heavy atom. The summed E-state index contributed by atoms with van der Waals surface area (Å²) in [6.45, 7) is 6.56. The van der Waals surface area contributed by atoms with Crippen molar-refractivity contribution >= 4 is 28.6 Å². The lowest BCUT2D eigenvalue weighted by atomic mass is 10.1. The summed E-state index contributed by atoms with van der Waals surface area (Å²) in [6, 6.07) is 5.77. The average molecular weight is 279 g/mol. The van der Waals surface area contributed by atoms with Crippen molar-refractivity contribution in [2.75, 3.05) is 25.4 Å². The summed E-state index contributed by atoms with van der Waals surface area (Å²) in [7, 11) is 0.